The highest BCUT2D eigenvalue weighted by Gasteiger charge is 2.38. The smallest absolute Gasteiger partial charge is 0.241 e. The van der Waals surface area contributed by atoms with Gasteiger partial charge in [0.15, 0.2) is 0 Å². The number of nitrogens with one attached hydrogen (secondary N) is 1. The van der Waals surface area contributed by atoms with E-state index in [-0.39, 0.29) is 18.1 Å². The number of hydrogen-bond acceptors (Lipinski definition) is 4. The van der Waals surface area contributed by atoms with Crippen molar-refractivity contribution in [2.24, 2.45) is 0 Å². The van der Waals surface area contributed by atoms with Crippen molar-refractivity contribution in [3.8, 4) is 5.75 Å². The second-order valence-corrected chi connectivity index (χ2v) is 5.64. The second kappa shape index (κ2) is 6.91. The largest absolute Gasteiger partial charge is 0.497 e. The number of hydrogen-bond donors (Lipinski definition) is 1. The Bertz CT molecular complexity index is 473. The number of benzene rings is 1. The van der Waals surface area contributed by atoms with Crippen LogP contribution in [0.2, 0.25) is 0 Å². The first-order chi connectivity index (χ1) is 10.1. The van der Waals surface area contributed by atoms with Gasteiger partial charge in [0.1, 0.15) is 11.9 Å². The molecule has 1 aromatic carbocycles. The van der Waals surface area contributed by atoms with Crippen LogP contribution < -0.4 is 10.1 Å². The van der Waals surface area contributed by atoms with E-state index in [1.165, 1.54) is 0 Å². The van der Waals surface area contributed by atoms with Crippen molar-refractivity contribution in [1.82, 2.24) is 15.1 Å². The summed E-state index contributed by atoms with van der Waals surface area (Å²) in [6, 6.07) is 7.82. The number of ether oxygens (including phenoxy) is 1. The minimum absolute atomic E-state index is 0.0479. The first-order valence-corrected chi connectivity index (χ1v) is 7.42. The second-order valence-electron chi connectivity index (χ2n) is 5.64. The van der Waals surface area contributed by atoms with Crippen LogP contribution in [0.15, 0.2) is 24.3 Å². The Morgan fingerprint density at radius 3 is 2.48 bits per heavy atom. The molecule has 0 saturated carbocycles. The van der Waals surface area contributed by atoms with Crippen LogP contribution in [0, 0.1) is 0 Å². The Kier molecular flexibility index (Phi) is 5.20. The van der Waals surface area contributed by atoms with Gasteiger partial charge >= 0.3 is 0 Å². The average Bonchev–Trinajstić information content (AvgIpc) is 2.81. The summed E-state index contributed by atoms with van der Waals surface area (Å²) in [7, 11) is 5.70. The molecule has 2 atom stereocenters. The van der Waals surface area contributed by atoms with E-state index < -0.39 is 0 Å². The molecule has 0 radical (unpaired) electrons. The van der Waals surface area contributed by atoms with Gasteiger partial charge in [-0.25, -0.2) is 0 Å². The van der Waals surface area contributed by atoms with Gasteiger partial charge in [0.25, 0.3) is 0 Å². The molecule has 116 valence electrons. The third kappa shape index (κ3) is 3.54. The van der Waals surface area contributed by atoms with Crippen molar-refractivity contribution in [1.29, 1.82) is 0 Å². The van der Waals surface area contributed by atoms with E-state index in [0.29, 0.717) is 0 Å². The molecule has 1 aliphatic rings. The Morgan fingerprint density at radius 1 is 1.29 bits per heavy atom. The van der Waals surface area contributed by atoms with Crippen molar-refractivity contribution in [3.05, 3.63) is 29.8 Å². The topological polar surface area (TPSA) is 44.8 Å². The van der Waals surface area contributed by atoms with Crippen LogP contribution in [0.25, 0.3) is 0 Å². The van der Waals surface area contributed by atoms with Crippen molar-refractivity contribution in [2.75, 3.05) is 34.3 Å². The van der Waals surface area contributed by atoms with Gasteiger partial charge in [0.05, 0.1) is 13.2 Å². The van der Waals surface area contributed by atoms with Crippen molar-refractivity contribution >= 4 is 5.91 Å². The van der Waals surface area contributed by atoms with E-state index in [9.17, 15) is 4.79 Å². The zero-order valence-electron chi connectivity index (χ0n) is 13.3. The minimum Gasteiger partial charge on any atom is -0.497 e. The maximum Gasteiger partial charge on any atom is 0.241 e. The lowest BCUT2D eigenvalue weighted by atomic mass is 10.1. The molecular formula is C16H25N3O2. The van der Waals surface area contributed by atoms with E-state index in [4.69, 9.17) is 4.74 Å². The molecule has 2 unspecified atom stereocenters. The molecule has 5 heteroatoms. The van der Waals surface area contributed by atoms with E-state index in [2.05, 4.69) is 10.2 Å². The van der Waals surface area contributed by atoms with Crippen LogP contribution in [0.3, 0.4) is 0 Å². The number of rotatable bonds is 6. The molecule has 1 aromatic rings. The average molecular weight is 291 g/mol. The predicted molar refractivity (Wildman–Crippen MR) is 83.2 cm³/mol. The van der Waals surface area contributed by atoms with E-state index >= 15 is 0 Å². The SMILES string of the molecule is CCC1NC(c2ccc(OC)cc2)N(CCN(C)C)C1=O. The van der Waals surface area contributed by atoms with Crippen molar-refractivity contribution in [3.63, 3.8) is 0 Å². The molecule has 1 amide bonds. The van der Waals surface area contributed by atoms with Gasteiger partial charge in [0.2, 0.25) is 5.91 Å². The summed E-state index contributed by atoms with van der Waals surface area (Å²) in [5.74, 6) is 1.02. The molecular weight excluding hydrogens is 266 g/mol. The summed E-state index contributed by atoms with van der Waals surface area (Å²) in [6.45, 7) is 3.62. The Hall–Kier alpha value is -1.59. The van der Waals surface area contributed by atoms with Crippen LogP contribution in [0.1, 0.15) is 25.1 Å². The lowest BCUT2D eigenvalue weighted by molar-refractivity contribution is -0.130. The molecule has 0 aliphatic carbocycles. The minimum atomic E-state index is -0.0840. The zero-order valence-corrected chi connectivity index (χ0v) is 13.3. The molecule has 1 aliphatic heterocycles. The molecule has 1 N–H and O–H groups in total. The predicted octanol–water partition coefficient (Wildman–Crippen LogP) is 1.47. The van der Waals surface area contributed by atoms with Gasteiger partial charge in [-0.05, 0) is 38.2 Å². The first-order valence-electron chi connectivity index (χ1n) is 7.42. The third-order valence-electron chi connectivity index (χ3n) is 3.88. The molecule has 1 fully saturated rings. The molecule has 0 aromatic heterocycles. The van der Waals surface area contributed by atoms with Crippen LogP contribution in [-0.4, -0.2) is 56.0 Å². The Balaban J connectivity index is 2.18. The number of carbonyl (C=O) groups is 1. The van der Waals surface area contributed by atoms with Gasteiger partial charge < -0.3 is 14.5 Å². The molecule has 21 heavy (non-hydrogen) atoms. The summed E-state index contributed by atoms with van der Waals surface area (Å²) >= 11 is 0. The van der Waals surface area contributed by atoms with Crippen LogP contribution in [0.5, 0.6) is 5.75 Å². The summed E-state index contributed by atoms with van der Waals surface area (Å²) in [6.07, 6.45) is 0.762. The fourth-order valence-electron chi connectivity index (χ4n) is 2.58. The van der Waals surface area contributed by atoms with Gasteiger partial charge in [-0.15, -0.1) is 0 Å². The fourth-order valence-corrected chi connectivity index (χ4v) is 2.58. The highest BCUT2D eigenvalue weighted by Crippen LogP contribution is 2.27. The van der Waals surface area contributed by atoms with Gasteiger partial charge in [-0.2, -0.15) is 0 Å². The zero-order chi connectivity index (χ0) is 15.4. The summed E-state index contributed by atoms with van der Waals surface area (Å²) in [4.78, 5) is 16.5. The Labute approximate surface area is 126 Å². The maximum absolute atomic E-state index is 12.5. The number of amides is 1. The number of nitrogens with zero attached hydrogens (tertiary/aromatic N) is 2. The van der Waals surface area contributed by atoms with Crippen molar-refractivity contribution in [2.45, 2.75) is 25.6 Å². The molecule has 5 nitrogen and oxygen atoms in total. The maximum atomic E-state index is 12.5. The van der Waals surface area contributed by atoms with Gasteiger partial charge in [0, 0.05) is 13.1 Å². The van der Waals surface area contributed by atoms with E-state index in [1.54, 1.807) is 7.11 Å². The number of methoxy groups -OCH3 is 1. The molecule has 1 heterocycles. The molecule has 0 bridgehead atoms. The highest BCUT2D eigenvalue weighted by molar-refractivity contribution is 5.84. The van der Waals surface area contributed by atoms with Gasteiger partial charge in [-0.3, -0.25) is 10.1 Å². The fraction of sp³-hybridized carbons (Fsp3) is 0.562. The summed E-state index contributed by atoms with van der Waals surface area (Å²) < 4.78 is 5.19. The number of carbonyl (C=O) groups excluding carboxylic acids is 1. The molecule has 1 saturated heterocycles. The standard InChI is InChI=1S/C16H25N3O2/c1-5-14-16(20)19(11-10-18(2)3)15(17-14)12-6-8-13(21-4)9-7-12/h6-9,14-15,17H,5,10-11H2,1-4H3. The normalized spacial score (nSPS) is 22.1. The Morgan fingerprint density at radius 2 is 1.95 bits per heavy atom. The van der Waals surface area contributed by atoms with Crippen LogP contribution in [-0.2, 0) is 4.79 Å². The van der Waals surface area contributed by atoms with Crippen LogP contribution >= 0.6 is 0 Å². The lowest BCUT2D eigenvalue weighted by Crippen LogP contribution is -2.36. The van der Waals surface area contributed by atoms with E-state index in [1.807, 2.05) is 50.2 Å². The first kappa shape index (κ1) is 15.8. The molecule has 0 spiro atoms. The number of likely N-dealkylation sites (N-methyl/N-ethyl adjacent to an activating group) is 1. The van der Waals surface area contributed by atoms with Crippen LogP contribution in [0.4, 0.5) is 0 Å². The summed E-state index contributed by atoms with van der Waals surface area (Å²) in [5.41, 5.74) is 1.10. The lowest BCUT2D eigenvalue weighted by Gasteiger charge is -2.26. The van der Waals surface area contributed by atoms with E-state index in [0.717, 1.165) is 30.8 Å². The molecule has 2 rings (SSSR count). The monoisotopic (exact) mass is 291 g/mol. The quantitative estimate of drug-likeness (QED) is 0.862. The van der Waals surface area contributed by atoms with Gasteiger partial charge in [-0.1, -0.05) is 19.1 Å². The van der Waals surface area contributed by atoms with Crippen molar-refractivity contribution < 1.29 is 9.53 Å². The summed E-state index contributed by atoms with van der Waals surface area (Å²) in [5, 5.41) is 3.44. The third-order valence-corrected chi connectivity index (χ3v) is 3.88. The highest BCUT2D eigenvalue weighted by atomic mass is 16.5.